The van der Waals surface area contributed by atoms with Gasteiger partial charge in [0.15, 0.2) is 0 Å². The summed E-state index contributed by atoms with van der Waals surface area (Å²) in [5.74, 6) is -1.07. The number of rotatable bonds is 6. The Morgan fingerprint density at radius 2 is 2.04 bits per heavy atom. The van der Waals surface area contributed by atoms with E-state index in [4.69, 9.17) is 16.3 Å². The molecule has 1 amide bonds. The maximum absolute atomic E-state index is 12.3. The van der Waals surface area contributed by atoms with Gasteiger partial charge in [0.05, 0.1) is 15.7 Å². The number of ether oxygens (including phenoxy) is 1. The lowest BCUT2D eigenvalue weighted by Crippen LogP contribution is -2.47. The van der Waals surface area contributed by atoms with E-state index in [-0.39, 0.29) is 17.7 Å². The van der Waals surface area contributed by atoms with E-state index >= 15 is 0 Å². The number of carbonyl (C=O) groups is 2. The minimum Gasteiger partial charge on any atom is -0.481 e. The van der Waals surface area contributed by atoms with E-state index in [0.29, 0.717) is 31.1 Å². The number of halogens is 1. The maximum Gasteiger partial charge on any atom is 0.311 e. The smallest absolute Gasteiger partial charge is 0.311 e. The van der Waals surface area contributed by atoms with E-state index in [9.17, 15) is 14.7 Å². The van der Waals surface area contributed by atoms with Crippen LogP contribution in [0.2, 0.25) is 5.02 Å². The first-order chi connectivity index (χ1) is 10.9. The van der Waals surface area contributed by atoms with Gasteiger partial charge in [0.25, 0.3) is 0 Å². The maximum atomic E-state index is 12.3. The van der Waals surface area contributed by atoms with Crippen LogP contribution in [0, 0.1) is 5.41 Å². The van der Waals surface area contributed by atoms with Crippen molar-refractivity contribution in [2.75, 3.05) is 19.8 Å². The molecule has 0 spiro atoms. The molecule has 0 saturated carbocycles. The van der Waals surface area contributed by atoms with Crippen LogP contribution in [0.3, 0.4) is 0 Å². The number of amides is 1. The highest BCUT2D eigenvalue weighted by atomic mass is 35.5. The number of carbonyl (C=O) groups excluding carboxylic acids is 1. The molecule has 0 bridgehead atoms. The van der Waals surface area contributed by atoms with Crippen molar-refractivity contribution in [3.8, 4) is 0 Å². The molecule has 1 saturated heterocycles. The van der Waals surface area contributed by atoms with E-state index in [0.717, 1.165) is 4.90 Å². The summed E-state index contributed by atoms with van der Waals surface area (Å²) in [7, 11) is 0. The van der Waals surface area contributed by atoms with Gasteiger partial charge in [0.1, 0.15) is 0 Å². The van der Waals surface area contributed by atoms with Crippen LogP contribution in [0.5, 0.6) is 0 Å². The van der Waals surface area contributed by atoms with Gasteiger partial charge in [-0.15, -0.1) is 11.8 Å². The average molecular weight is 358 g/mol. The molecule has 1 fully saturated rings. The number of carboxylic acids is 1. The second-order valence-electron chi connectivity index (χ2n) is 5.61. The molecule has 1 atom stereocenters. The van der Waals surface area contributed by atoms with Gasteiger partial charge in [-0.3, -0.25) is 9.59 Å². The first kappa shape index (κ1) is 18.1. The molecule has 7 heteroatoms. The summed E-state index contributed by atoms with van der Waals surface area (Å²) in [6.45, 7) is 2.72. The van der Waals surface area contributed by atoms with Gasteiger partial charge in [-0.05, 0) is 31.9 Å². The lowest BCUT2D eigenvalue weighted by Gasteiger charge is -2.33. The second-order valence-corrected chi connectivity index (χ2v) is 7.40. The summed E-state index contributed by atoms with van der Waals surface area (Å²) >= 11 is 7.45. The van der Waals surface area contributed by atoms with Crippen LogP contribution >= 0.6 is 23.4 Å². The molecule has 1 aliphatic rings. The Hall–Kier alpha value is -1.24. The van der Waals surface area contributed by atoms with Crippen LogP contribution in [0.1, 0.15) is 19.8 Å². The van der Waals surface area contributed by atoms with Crippen LogP contribution < -0.4 is 5.32 Å². The summed E-state index contributed by atoms with van der Waals surface area (Å²) in [6, 6.07) is 7.32. The number of carboxylic acid groups (broad SMARTS) is 1. The minimum atomic E-state index is -0.928. The number of benzene rings is 1. The Bertz CT molecular complexity index is 575. The lowest BCUT2D eigenvalue weighted by atomic mass is 9.80. The van der Waals surface area contributed by atoms with Crippen molar-refractivity contribution >= 4 is 35.2 Å². The van der Waals surface area contributed by atoms with Crippen LogP contribution in [0.4, 0.5) is 0 Å². The fourth-order valence-electron chi connectivity index (χ4n) is 2.41. The standard InChI is InChI=1S/C16H20ClNO4S/c1-11(23-13-5-3-2-4-12(13)17)14(19)18-10-16(15(20)21)6-8-22-9-7-16/h2-5,11H,6-10H2,1H3,(H,18,19)(H,20,21). The molecular formula is C16H20ClNO4S. The quantitative estimate of drug-likeness (QED) is 0.766. The highest BCUT2D eigenvalue weighted by molar-refractivity contribution is 8.00. The molecule has 1 unspecified atom stereocenters. The Morgan fingerprint density at radius 1 is 1.39 bits per heavy atom. The highest BCUT2D eigenvalue weighted by Crippen LogP contribution is 2.32. The summed E-state index contributed by atoms with van der Waals surface area (Å²) < 4.78 is 5.23. The molecule has 0 radical (unpaired) electrons. The van der Waals surface area contributed by atoms with Gasteiger partial charge in [-0.1, -0.05) is 23.7 Å². The fourth-order valence-corrected chi connectivity index (χ4v) is 3.59. The largest absolute Gasteiger partial charge is 0.481 e. The average Bonchev–Trinajstić information content (AvgIpc) is 2.55. The van der Waals surface area contributed by atoms with Crippen molar-refractivity contribution in [3.05, 3.63) is 29.3 Å². The summed E-state index contributed by atoms with van der Waals surface area (Å²) in [5, 5.41) is 12.5. The first-order valence-electron chi connectivity index (χ1n) is 7.45. The zero-order chi connectivity index (χ0) is 16.9. The molecule has 0 aromatic heterocycles. The molecule has 2 rings (SSSR count). The topological polar surface area (TPSA) is 75.6 Å². The SMILES string of the molecule is CC(Sc1ccccc1Cl)C(=O)NCC1(C(=O)O)CCOCC1. The van der Waals surface area contributed by atoms with Gasteiger partial charge >= 0.3 is 5.97 Å². The monoisotopic (exact) mass is 357 g/mol. The molecule has 126 valence electrons. The molecule has 23 heavy (non-hydrogen) atoms. The molecule has 5 nitrogen and oxygen atoms in total. The van der Waals surface area contributed by atoms with E-state index in [1.165, 1.54) is 11.8 Å². The van der Waals surface area contributed by atoms with Crippen molar-refractivity contribution in [3.63, 3.8) is 0 Å². The van der Waals surface area contributed by atoms with Gasteiger partial charge in [-0.2, -0.15) is 0 Å². The van der Waals surface area contributed by atoms with Crippen molar-refractivity contribution in [1.29, 1.82) is 0 Å². The van der Waals surface area contributed by atoms with Gasteiger partial charge in [0.2, 0.25) is 5.91 Å². The fraction of sp³-hybridized carbons (Fsp3) is 0.500. The van der Waals surface area contributed by atoms with Crippen LogP contribution in [0.25, 0.3) is 0 Å². The van der Waals surface area contributed by atoms with Gasteiger partial charge in [-0.25, -0.2) is 0 Å². The van der Waals surface area contributed by atoms with Crippen LogP contribution in [-0.2, 0) is 14.3 Å². The van der Waals surface area contributed by atoms with E-state index in [1.54, 1.807) is 13.0 Å². The van der Waals surface area contributed by atoms with Gasteiger partial charge < -0.3 is 15.2 Å². The van der Waals surface area contributed by atoms with Crippen molar-refractivity contribution in [1.82, 2.24) is 5.32 Å². The predicted octanol–water partition coefficient (Wildman–Crippen LogP) is 2.82. The number of hydrogen-bond acceptors (Lipinski definition) is 4. The molecule has 0 aliphatic carbocycles. The summed E-state index contributed by atoms with van der Waals surface area (Å²) in [5.41, 5.74) is -0.928. The third-order valence-corrected chi connectivity index (χ3v) is 5.63. The Labute approximate surface area is 144 Å². The molecular weight excluding hydrogens is 338 g/mol. The Kier molecular flexibility index (Phi) is 6.33. The Morgan fingerprint density at radius 3 is 2.65 bits per heavy atom. The van der Waals surface area contributed by atoms with E-state index in [2.05, 4.69) is 5.32 Å². The third-order valence-electron chi connectivity index (χ3n) is 4.01. The third kappa shape index (κ3) is 4.62. The summed E-state index contributed by atoms with van der Waals surface area (Å²) in [6.07, 6.45) is 0.823. The van der Waals surface area contributed by atoms with Crippen molar-refractivity contribution < 1.29 is 19.4 Å². The molecule has 1 aromatic carbocycles. The second kappa shape index (κ2) is 8.04. The van der Waals surface area contributed by atoms with Crippen LogP contribution in [-0.4, -0.2) is 42.0 Å². The molecule has 1 aliphatic heterocycles. The number of hydrogen-bond donors (Lipinski definition) is 2. The Balaban J connectivity index is 1.93. The first-order valence-corrected chi connectivity index (χ1v) is 8.70. The van der Waals surface area contributed by atoms with E-state index in [1.807, 2.05) is 18.2 Å². The molecule has 1 heterocycles. The normalized spacial score (nSPS) is 18.2. The number of thioether (sulfide) groups is 1. The minimum absolute atomic E-state index is 0.123. The number of aliphatic carboxylic acids is 1. The highest BCUT2D eigenvalue weighted by Gasteiger charge is 2.40. The van der Waals surface area contributed by atoms with E-state index < -0.39 is 11.4 Å². The molecule has 2 N–H and O–H groups in total. The summed E-state index contributed by atoms with van der Waals surface area (Å²) in [4.78, 5) is 24.7. The predicted molar refractivity (Wildman–Crippen MR) is 89.9 cm³/mol. The molecule has 1 aromatic rings. The zero-order valence-corrected chi connectivity index (χ0v) is 14.5. The van der Waals surface area contributed by atoms with Gasteiger partial charge in [0, 0.05) is 24.7 Å². The lowest BCUT2D eigenvalue weighted by molar-refractivity contribution is -0.154. The van der Waals surface area contributed by atoms with Crippen molar-refractivity contribution in [2.24, 2.45) is 5.41 Å². The van der Waals surface area contributed by atoms with Crippen LogP contribution in [0.15, 0.2) is 29.2 Å². The number of nitrogens with one attached hydrogen (secondary N) is 1. The van der Waals surface area contributed by atoms with Crippen molar-refractivity contribution in [2.45, 2.75) is 29.9 Å². The zero-order valence-electron chi connectivity index (χ0n) is 12.9.